The fourth-order valence-electron chi connectivity index (χ4n) is 4.08. The van der Waals surface area contributed by atoms with Gasteiger partial charge in [0.05, 0.1) is 6.20 Å². The van der Waals surface area contributed by atoms with E-state index < -0.39 is 0 Å². The van der Waals surface area contributed by atoms with Gasteiger partial charge in [0.15, 0.2) is 5.76 Å². The smallest absolute Gasteiger partial charge is 0.289 e. The molecule has 2 atom stereocenters. The molecule has 0 bridgehead atoms. The molecule has 1 fully saturated rings. The molecule has 0 N–H and O–H groups in total. The van der Waals surface area contributed by atoms with Gasteiger partial charge in [0.2, 0.25) is 0 Å². The zero-order valence-corrected chi connectivity index (χ0v) is 16.3. The van der Waals surface area contributed by atoms with Crippen LogP contribution in [0.5, 0.6) is 0 Å². The summed E-state index contributed by atoms with van der Waals surface area (Å²) in [6.45, 7) is 7.05. The van der Waals surface area contributed by atoms with Crippen LogP contribution in [0.15, 0.2) is 28.9 Å². The van der Waals surface area contributed by atoms with Gasteiger partial charge in [0.1, 0.15) is 5.76 Å². The van der Waals surface area contributed by atoms with Gasteiger partial charge in [-0.25, -0.2) is 0 Å². The van der Waals surface area contributed by atoms with Crippen molar-refractivity contribution < 1.29 is 9.21 Å². The highest BCUT2D eigenvalue weighted by Crippen LogP contribution is 2.36. The van der Waals surface area contributed by atoms with Crippen molar-refractivity contribution in [3.8, 4) is 0 Å². The third-order valence-electron chi connectivity index (χ3n) is 5.41. The molecule has 2 aromatic heterocycles. The number of carbonyl (C=O) groups excluding carboxylic acids is 1. The molecule has 6 nitrogen and oxygen atoms in total. The van der Waals surface area contributed by atoms with Crippen molar-refractivity contribution >= 4 is 5.91 Å². The van der Waals surface area contributed by atoms with Gasteiger partial charge in [0, 0.05) is 44.9 Å². The topological polar surface area (TPSA) is 54.5 Å². The lowest BCUT2D eigenvalue weighted by molar-refractivity contribution is 0.0566. The predicted molar refractivity (Wildman–Crippen MR) is 101 cm³/mol. The normalized spacial score (nSPS) is 21.1. The summed E-state index contributed by atoms with van der Waals surface area (Å²) in [6.07, 6.45) is 7.15. The molecule has 1 saturated heterocycles. The van der Waals surface area contributed by atoms with Crippen molar-refractivity contribution in [3.05, 3.63) is 41.6 Å². The van der Waals surface area contributed by atoms with E-state index in [1.807, 2.05) is 42.9 Å². The number of nitrogens with zero attached hydrogens (tertiary/aromatic N) is 4. The maximum Gasteiger partial charge on any atom is 0.289 e. The van der Waals surface area contributed by atoms with Crippen LogP contribution in [-0.2, 0) is 13.5 Å². The summed E-state index contributed by atoms with van der Waals surface area (Å²) in [5.74, 6) is 1.64. The molecular weight excluding hydrogens is 328 g/mol. The van der Waals surface area contributed by atoms with E-state index >= 15 is 0 Å². The number of likely N-dealkylation sites (tertiary alicyclic amines) is 1. The molecule has 2 aromatic rings. The second kappa shape index (κ2) is 8.08. The fraction of sp³-hybridized carbons (Fsp3) is 0.600. The summed E-state index contributed by atoms with van der Waals surface area (Å²) in [4.78, 5) is 17.1. The van der Waals surface area contributed by atoms with Gasteiger partial charge in [-0.05, 0) is 44.0 Å². The van der Waals surface area contributed by atoms with Crippen LogP contribution in [-0.4, -0.2) is 52.2 Å². The summed E-state index contributed by atoms with van der Waals surface area (Å²) in [5.41, 5.74) is 1.24. The van der Waals surface area contributed by atoms with E-state index in [1.165, 1.54) is 5.56 Å². The third-order valence-corrected chi connectivity index (χ3v) is 5.41. The summed E-state index contributed by atoms with van der Waals surface area (Å²) in [6, 6.07) is 3.98. The maximum atomic E-state index is 12.7. The van der Waals surface area contributed by atoms with Crippen LogP contribution in [0.2, 0.25) is 0 Å². The van der Waals surface area contributed by atoms with E-state index in [1.54, 1.807) is 6.07 Å². The summed E-state index contributed by atoms with van der Waals surface area (Å²) in [7, 11) is 3.83. The van der Waals surface area contributed by atoms with E-state index in [4.69, 9.17) is 4.42 Å². The molecule has 1 aliphatic rings. The zero-order chi connectivity index (χ0) is 18.7. The molecule has 3 heterocycles. The van der Waals surface area contributed by atoms with Crippen LogP contribution in [0.4, 0.5) is 0 Å². The van der Waals surface area contributed by atoms with Crippen molar-refractivity contribution in [2.45, 2.75) is 39.2 Å². The molecule has 26 heavy (non-hydrogen) atoms. The van der Waals surface area contributed by atoms with E-state index in [2.05, 4.69) is 23.1 Å². The molecule has 0 saturated carbocycles. The summed E-state index contributed by atoms with van der Waals surface area (Å²) >= 11 is 0. The fourth-order valence-corrected chi connectivity index (χ4v) is 4.08. The van der Waals surface area contributed by atoms with Gasteiger partial charge < -0.3 is 9.32 Å². The average molecular weight is 358 g/mol. The summed E-state index contributed by atoms with van der Waals surface area (Å²) < 4.78 is 7.51. The number of carbonyl (C=O) groups is 1. The van der Waals surface area contributed by atoms with Gasteiger partial charge in [-0.3, -0.25) is 14.4 Å². The van der Waals surface area contributed by atoms with Crippen molar-refractivity contribution in [1.29, 1.82) is 0 Å². The molecule has 6 heteroatoms. The molecule has 0 aromatic carbocycles. The van der Waals surface area contributed by atoms with Gasteiger partial charge in [-0.2, -0.15) is 5.10 Å². The van der Waals surface area contributed by atoms with Gasteiger partial charge in [-0.1, -0.05) is 13.8 Å². The molecule has 0 radical (unpaired) electrons. The molecule has 0 spiro atoms. The largest absolute Gasteiger partial charge is 0.456 e. The minimum absolute atomic E-state index is 0.0386. The Hall–Kier alpha value is -2.08. The van der Waals surface area contributed by atoms with E-state index in [0.29, 0.717) is 17.7 Å². The third kappa shape index (κ3) is 3.85. The van der Waals surface area contributed by atoms with Crippen LogP contribution >= 0.6 is 0 Å². The molecule has 0 aliphatic carbocycles. The Morgan fingerprint density at radius 1 is 1.38 bits per heavy atom. The number of hydrogen-bond donors (Lipinski definition) is 0. The average Bonchev–Trinajstić information content (AvgIpc) is 3.29. The Kier molecular flexibility index (Phi) is 5.81. The predicted octanol–water partition coefficient (Wildman–Crippen LogP) is 3.12. The van der Waals surface area contributed by atoms with Gasteiger partial charge in [0.25, 0.3) is 5.91 Å². The Labute approximate surface area is 155 Å². The lowest BCUT2D eigenvalue weighted by atomic mass is 9.85. The maximum absolute atomic E-state index is 12.7. The summed E-state index contributed by atoms with van der Waals surface area (Å²) in [5, 5.41) is 4.36. The van der Waals surface area contributed by atoms with Gasteiger partial charge in [-0.15, -0.1) is 0 Å². The van der Waals surface area contributed by atoms with Crippen LogP contribution in [0, 0.1) is 5.92 Å². The van der Waals surface area contributed by atoms with Crippen molar-refractivity contribution in [2.24, 2.45) is 13.0 Å². The molecule has 0 unspecified atom stereocenters. The lowest BCUT2D eigenvalue weighted by Gasteiger charge is -2.41. The van der Waals surface area contributed by atoms with Crippen LogP contribution in [0.1, 0.15) is 54.6 Å². The number of hydrogen-bond acceptors (Lipinski definition) is 4. The zero-order valence-electron chi connectivity index (χ0n) is 16.3. The molecule has 1 amide bonds. The monoisotopic (exact) mass is 358 g/mol. The Morgan fingerprint density at radius 2 is 2.19 bits per heavy atom. The van der Waals surface area contributed by atoms with Gasteiger partial charge >= 0.3 is 0 Å². The van der Waals surface area contributed by atoms with Crippen molar-refractivity contribution in [3.63, 3.8) is 0 Å². The highest BCUT2D eigenvalue weighted by atomic mass is 16.4. The second-order valence-electron chi connectivity index (χ2n) is 7.23. The first-order valence-electron chi connectivity index (χ1n) is 9.60. The molecule has 1 aliphatic heterocycles. The quantitative estimate of drug-likeness (QED) is 0.796. The molecule has 3 rings (SSSR count). The standard InChI is InChI=1S/C20H30N4O2/c1-5-17-9-10-18(26-17)20(25)22(3)13-15-8-7-11-24(6-2)19(15)16-12-21-23(4)14-16/h9-10,12,14-15,19H,5-8,11,13H2,1-4H3/t15-,19+/m0/s1. The van der Waals surface area contributed by atoms with Crippen LogP contribution in [0.3, 0.4) is 0 Å². The number of amides is 1. The SMILES string of the molecule is CCc1ccc(C(=O)N(C)C[C@@H]2CCCN(CC)[C@H]2c2cnn(C)c2)o1. The first-order chi connectivity index (χ1) is 12.5. The number of piperidine rings is 1. The minimum Gasteiger partial charge on any atom is -0.456 e. The first kappa shape index (κ1) is 18.7. The number of furan rings is 1. The number of rotatable bonds is 6. The van der Waals surface area contributed by atoms with Crippen LogP contribution < -0.4 is 0 Å². The van der Waals surface area contributed by atoms with E-state index in [0.717, 1.165) is 44.7 Å². The Bertz CT molecular complexity index is 736. The van der Waals surface area contributed by atoms with E-state index in [-0.39, 0.29) is 5.91 Å². The number of aromatic nitrogens is 2. The van der Waals surface area contributed by atoms with E-state index in [9.17, 15) is 4.79 Å². The molecule has 142 valence electrons. The second-order valence-corrected chi connectivity index (χ2v) is 7.23. The number of aryl methyl sites for hydroxylation is 2. The minimum atomic E-state index is -0.0386. The first-order valence-corrected chi connectivity index (χ1v) is 9.60. The Balaban J connectivity index is 1.75. The van der Waals surface area contributed by atoms with Crippen molar-refractivity contribution in [1.82, 2.24) is 19.6 Å². The lowest BCUT2D eigenvalue weighted by Crippen LogP contribution is -2.43. The Morgan fingerprint density at radius 3 is 2.81 bits per heavy atom. The molecular formula is C20H30N4O2. The highest BCUT2D eigenvalue weighted by Gasteiger charge is 2.34. The van der Waals surface area contributed by atoms with Crippen molar-refractivity contribution in [2.75, 3.05) is 26.7 Å². The van der Waals surface area contributed by atoms with Crippen LogP contribution in [0.25, 0.3) is 0 Å². The highest BCUT2D eigenvalue weighted by molar-refractivity contribution is 5.91.